The Bertz CT molecular complexity index is 489. The van der Waals surface area contributed by atoms with E-state index in [0.717, 1.165) is 30.7 Å². The van der Waals surface area contributed by atoms with Crippen LogP contribution in [0.15, 0.2) is 60.7 Å². The van der Waals surface area contributed by atoms with Gasteiger partial charge in [-0.15, -0.1) is 0 Å². The van der Waals surface area contributed by atoms with Crippen molar-refractivity contribution in [3.05, 3.63) is 60.7 Å². The molecule has 0 bridgehead atoms. The van der Waals surface area contributed by atoms with Gasteiger partial charge in [0.05, 0.1) is 5.76 Å². The zero-order valence-electron chi connectivity index (χ0n) is 12.9. The van der Waals surface area contributed by atoms with Gasteiger partial charge < -0.3 is 20.4 Å². The third-order valence-electron chi connectivity index (χ3n) is 3.61. The third-order valence-corrected chi connectivity index (χ3v) is 3.61. The Morgan fingerprint density at radius 3 is 2.91 bits per heavy atom. The molecule has 22 heavy (non-hydrogen) atoms. The molecule has 1 saturated heterocycles. The van der Waals surface area contributed by atoms with Crippen LogP contribution in [0, 0.1) is 0 Å². The van der Waals surface area contributed by atoms with Crippen molar-refractivity contribution < 1.29 is 9.76 Å². The lowest BCUT2D eigenvalue weighted by Crippen LogP contribution is -2.43. The Labute approximate surface area is 133 Å². The number of aliphatic hydroxyl groups is 1. The van der Waals surface area contributed by atoms with Gasteiger partial charge in [0.25, 0.3) is 0 Å². The molecule has 117 valence electrons. The largest absolute Gasteiger partial charge is 0.513 e. The highest BCUT2D eigenvalue weighted by atomic mass is 16.4. The molecule has 3 N–H and O–H groups in total. The third kappa shape index (κ3) is 5.96. The molecule has 1 fully saturated rings. The normalized spacial score (nSPS) is 24.1. The van der Waals surface area contributed by atoms with E-state index in [1.54, 1.807) is 0 Å². The second kappa shape index (κ2) is 8.66. The van der Waals surface area contributed by atoms with Crippen molar-refractivity contribution in [3.63, 3.8) is 0 Å². The molecule has 2 aliphatic rings. The monoisotopic (exact) mass is 299 g/mol. The number of hydrogen-bond acceptors (Lipinski definition) is 4. The molecule has 1 aliphatic carbocycles. The summed E-state index contributed by atoms with van der Waals surface area (Å²) in [5, 5.41) is 15.9. The van der Waals surface area contributed by atoms with Crippen molar-refractivity contribution in [2.45, 2.75) is 37.7 Å². The standard InChI is InChI=1S/C17H24BN2O2/c1-13(20-15-7-5-3-4-6-8-15)12-19-17-10-9-16(22-18-17)11-14(2)21/h3-7,16-17,19-21H,1-2,8-12H2. The Balaban J connectivity index is 1.65. The molecular weight excluding hydrogens is 275 g/mol. The highest BCUT2D eigenvalue weighted by molar-refractivity contribution is 6.30. The summed E-state index contributed by atoms with van der Waals surface area (Å²) in [5.41, 5.74) is 2.08. The summed E-state index contributed by atoms with van der Waals surface area (Å²) in [6, 6.07) is 0. The number of nitrogens with one attached hydrogen (secondary N) is 2. The predicted octanol–water partition coefficient (Wildman–Crippen LogP) is 2.67. The molecule has 1 aliphatic heterocycles. The van der Waals surface area contributed by atoms with Crippen molar-refractivity contribution in [1.82, 2.24) is 10.6 Å². The zero-order chi connectivity index (χ0) is 15.8. The van der Waals surface area contributed by atoms with Gasteiger partial charge >= 0.3 is 7.48 Å². The first kappa shape index (κ1) is 16.7. The molecule has 5 heteroatoms. The molecule has 2 atom stereocenters. The van der Waals surface area contributed by atoms with E-state index in [1.807, 2.05) is 25.7 Å². The number of rotatable bonds is 7. The Hall–Kier alpha value is -1.72. The minimum atomic E-state index is 0.0478. The molecule has 0 amide bonds. The van der Waals surface area contributed by atoms with Crippen molar-refractivity contribution in [1.29, 1.82) is 0 Å². The molecule has 2 unspecified atom stereocenters. The molecular formula is C17H24BN2O2. The molecule has 4 nitrogen and oxygen atoms in total. The van der Waals surface area contributed by atoms with Crippen LogP contribution in [-0.2, 0) is 4.65 Å². The second-order valence-corrected chi connectivity index (χ2v) is 5.67. The van der Waals surface area contributed by atoms with E-state index in [9.17, 15) is 5.11 Å². The summed E-state index contributed by atoms with van der Waals surface area (Å²) >= 11 is 0. The highest BCUT2D eigenvalue weighted by Crippen LogP contribution is 2.17. The van der Waals surface area contributed by atoms with E-state index in [-0.39, 0.29) is 17.8 Å². The van der Waals surface area contributed by atoms with Crippen LogP contribution in [0.2, 0.25) is 0 Å². The summed E-state index contributed by atoms with van der Waals surface area (Å²) < 4.78 is 5.61. The first-order valence-electron chi connectivity index (χ1n) is 7.69. The average Bonchev–Trinajstić information content (AvgIpc) is 2.74. The lowest BCUT2D eigenvalue weighted by Gasteiger charge is -2.29. The smallest absolute Gasteiger partial charge is 0.311 e. The fourth-order valence-electron chi connectivity index (χ4n) is 2.47. The molecule has 1 radical (unpaired) electrons. The SMILES string of the molecule is C=C(O)CC1CCC(NCC(=C)NC2=CC=CC=CC2)[B]O1. The maximum atomic E-state index is 9.18. The molecule has 0 aromatic carbocycles. The van der Waals surface area contributed by atoms with Gasteiger partial charge in [-0.3, -0.25) is 0 Å². The number of aliphatic hydroxyl groups excluding tert-OH is 1. The first-order valence-corrected chi connectivity index (χ1v) is 7.69. The quantitative estimate of drug-likeness (QED) is 0.500. The van der Waals surface area contributed by atoms with Crippen molar-refractivity contribution in [2.75, 3.05) is 6.54 Å². The van der Waals surface area contributed by atoms with Gasteiger partial charge in [-0.05, 0) is 18.9 Å². The summed E-state index contributed by atoms with van der Waals surface area (Å²) in [7, 11) is 1.82. The maximum absolute atomic E-state index is 9.18. The Kier molecular flexibility index (Phi) is 6.56. The van der Waals surface area contributed by atoms with Crippen molar-refractivity contribution >= 4 is 7.48 Å². The molecule has 0 spiro atoms. The number of hydrogen-bond donors (Lipinski definition) is 3. The molecule has 1 heterocycles. The highest BCUT2D eigenvalue weighted by Gasteiger charge is 2.23. The van der Waals surface area contributed by atoms with Crippen LogP contribution in [0.3, 0.4) is 0 Å². The molecule has 0 aromatic heterocycles. The van der Waals surface area contributed by atoms with Gasteiger partial charge in [-0.25, -0.2) is 0 Å². The van der Waals surface area contributed by atoms with Crippen LogP contribution in [0.25, 0.3) is 0 Å². The molecule has 0 saturated carbocycles. The second-order valence-electron chi connectivity index (χ2n) is 5.67. The zero-order valence-corrected chi connectivity index (χ0v) is 12.9. The number of allylic oxidation sites excluding steroid dienone is 5. The van der Waals surface area contributed by atoms with Crippen molar-refractivity contribution in [3.8, 4) is 0 Å². The summed E-state index contributed by atoms with van der Waals surface area (Å²) in [4.78, 5) is 0. The lowest BCUT2D eigenvalue weighted by molar-refractivity contribution is 0.152. The van der Waals surface area contributed by atoms with Gasteiger partial charge in [0.15, 0.2) is 0 Å². The van der Waals surface area contributed by atoms with E-state index >= 15 is 0 Å². The van der Waals surface area contributed by atoms with Gasteiger partial charge in [0, 0.05) is 42.8 Å². The van der Waals surface area contributed by atoms with Gasteiger partial charge in [-0.1, -0.05) is 37.5 Å². The fourth-order valence-corrected chi connectivity index (χ4v) is 2.47. The first-order chi connectivity index (χ1) is 10.6. The van der Waals surface area contributed by atoms with E-state index in [4.69, 9.17) is 4.65 Å². The molecule has 2 rings (SSSR count). The molecule has 0 aromatic rings. The van der Waals surface area contributed by atoms with E-state index in [0.29, 0.717) is 13.0 Å². The van der Waals surface area contributed by atoms with Gasteiger partial charge in [-0.2, -0.15) is 0 Å². The van der Waals surface area contributed by atoms with Crippen molar-refractivity contribution in [2.24, 2.45) is 0 Å². The van der Waals surface area contributed by atoms with E-state index < -0.39 is 0 Å². The van der Waals surface area contributed by atoms with Crippen LogP contribution in [0.1, 0.15) is 25.7 Å². The topological polar surface area (TPSA) is 53.5 Å². The summed E-state index contributed by atoms with van der Waals surface area (Å²) in [6.45, 7) is 8.24. The van der Waals surface area contributed by atoms with Crippen LogP contribution in [-0.4, -0.2) is 31.2 Å². The minimum Gasteiger partial charge on any atom is -0.513 e. The minimum absolute atomic E-state index is 0.0478. The Morgan fingerprint density at radius 2 is 2.18 bits per heavy atom. The maximum Gasteiger partial charge on any atom is 0.311 e. The predicted molar refractivity (Wildman–Crippen MR) is 91.3 cm³/mol. The van der Waals surface area contributed by atoms with Crippen LogP contribution in [0.4, 0.5) is 0 Å². The summed E-state index contributed by atoms with van der Waals surface area (Å²) in [5.74, 6) is 0.395. The van der Waals surface area contributed by atoms with Crippen LogP contribution in [0.5, 0.6) is 0 Å². The fraction of sp³-hybridized carbons (Fsp3) is 0.412. The lowest BCUT2D eigenvalue weighted by atomic mass is 9.79. The van der Waals surface area contributed by atoms with E-state index in [1.165, 1.54) is 0 Å². The summed E-state index contributed by atoms with van der Waals surface area (Å²) in [6.07, 6.45) is 13.6. The van der Waals surface area contributed by atoms with Crippen LogP contribution < -0.4 is 10.6 Å². The van der Waals surface area contributed by atoms with E-state index in [2.05, 4.69) is 35.9 Å². The van der Waals surface area contributed by atoms with Gasteiger partial charge in [0.2, 0.25) is 0 Å². The van der Waals surface area contributed by atoms with Crippen LogP contribution >= 0.6 is 0 Å². The van der Waals surface area contributed by atoms with Gasteiger partial charge in [0.1, 0.15) is 0 Å². The Morgan fingerprint density at radius 1 is 1.32 bits per heavy atom. The average molecular weight is 299 g/mol.